The van der Waals surface area contributed by atoms with Crippen LogP contribution in [0.1, 0.15) is 40.0 Å². The van der Waals surface area contributed by atoms with Crippen LogP contribution in [0.2, 0.25) is 0 Å². The van der Waals surface area contributed by atoms with Crippen LogP contribution in [0.15, 0.2) is 0 Å². The minimum Gasteiger partial charge on any atom is -0.450 e. The first-order valence-corrected chi connectivity index (χ1v) is 9.16. The average molecular weight is 354 g/mol. The van der Waals surface area contributed by atoms with Crippen molar-refractivity contribution >= 4 is 17.9 Å². The first-order valence-electron chi connectivity index (χ1n) is 9.16. The van der Waals surface area contributed by atoms with E-state index in [0.717, 1.165) is 6.54 Å². The zero-order valence-electron chi connectivity index (χ0n) is 15.4. The van der Waals surface area contributed by atoms with Crippen molar-refractivity contribution in [2.75, 3.05) is 32.8 Å². The number of ether oxygens (including phenoxy) is 1. The lowest BCUT2D eigenvalue weighted by atomic mass is 10.0. The highest BCUT2D eigenvalue weighted by atomic mass is 16.6. The monoisotopic (exact) mass is 354 g/mol. The van der Waals surface area contributed by atoms with Gasteiger partial charge in [0.2, 0.25) is 11.8 Å². The number of nitrogens with zero attached hydrogens (tertiary/aromatic N) is 2. The number of rotatable bonds is 5. The second kappa shape index (κ2) is 9.03. The summed E-state index contributed by atoms with van der Waals surface area (Å²) in [5.74, 6) is -0.186. The Morgan fingerprint density at radius 3 is 2.56 bits per heavy atom. The van der Waals surface area contributed by atoms with Crippen LogP contribution < -0.4 is 10.6 Å². The predicted octanol–water partition coefficient (Wildman–Crippen LogP) is 0.322. The lowest BCUT2D eigenvalue weighted by Gasteiger charge is -2.38. The van der Waals surface area contributed by atoms with E-state index < -0.39 is 6.04 Å². The predicted molar refractivity (Wildman–Crippen MR) is 93.0 cm³/mol. The second-order valence-electron chi connectivity index (χ2n) is 6.87. The molecule has 25 heavy (non-hydrogen) atoms. The summed E-state index contributed by atoms with van der Waals surface area (Å²) in [4.78, 5) is 39.9. The summed E-state index contributed by atoms with van der Waals surface area (Å²) < 4.78 is 4.99. The van der Waals surface area contributed by atoms with Gasteiger partial charge in [-0.25, -0.2) is 4.79 Å². The summed E-state index contributed by atoms with van der Waals surface area (Å²) in [6, 6.07) is -0.151. The van der Waals surface area contributed by atoms with Crippen molar-refractivity contribution in [2.45, 2.75) is 58.2 Å². The smallest absolute Gasteiger partial charge is 0.409 e. The topological polar surface area (TPSA) is 91.0 Å². The van der Waals surface area contributed by atoms with Gasteiger partial charge in [0.15, 0.2) is 0 Å². The van der Waals surface area contributed by atoms with Crippen molar-refractivity contribution < 1.29 is 19.1 Å². The third-order valence-corrected chi connectivity index (χ3v) is 4.80. The molecule has 0 aliphatic carbocycles. The first kappa shape index (κ1) is 19.5. The van der Waals surface area contributed by atoms with Crippen LogP contribution in [-0.4, -0.2) is 78.6 Å². The SMILES string of the molecule is CCOC(=O)N1CCC(NC(=O)CC2C(=O)NCCN2C(C)C)CC1. The lowest BCUT2D eigenvalue weighted by Crippen LogP contribution is -2.59. The molecule has 1 unspecified atom stereocenters. The Morgan fingerprint density at radius 1 is 1.28 bits per heavy atom. The minimum absolute atomic E-state index is 0.0392. The highest BCUT2D eigenvalue weighted by Crippen LogP contribution is 2.15. The molecule has 2 aliphatic heterocycles. The summed E-state index contributed by atoms with van der Waals surface area (Å²) in [5, 5.41) is 5.85. The highest BCUT2D eigenvalue weighted by molar-refractivity contribution is 5.89. The van der Waals surface area contributed by atoms with Crippen molar-refractivity contribution in [3.05, 3.63) is 0 Å². The molecule has 2 heterocycles. The van der Waals surface area contributed by atoms with Crippen LogP contribution in [0.5, 0.6) is 0 Å². The summed E-state index contributed by atoms with van der Waals surface area (Å²) in [6.07, 6.45) is 1.28. The van der Waals surface area contributed by atoms with Gasteiger partial charge in [-0.2, -0.15) is 0 Å². The van der Waals surface area contributed by atoms with Gasteiger partial charge in [0.25, 0.3) is 0 Å². The third kappa shape index (κ3) is 5.32. The van der Waals surface area contributed by atoms with Crippen LogP contribution in [0.4, 0.5) is 4.79 Å². The first-order chi connectivity index (χ1) is 11.9. The van der Waals surface area contributed by atoms with E-state index in [4.69, 9.17) is 4.74 Å². The fraction of sp³-hybridized carbons (Fsp3) is 0.824. The van der Waals surface area contributed by atoms with E-state index >= 15 is 0 Å². The molecule has 142 valence electrons. The highest BCUT2D eigenvalue weighted by Gasteiger charge is 2.33. The van der Waals surface area contributed by atoms with E-state index in [1.165, 1.54) is 0 Å². The Labute approximate surface area is 149 Å². The molecule has 8 nitrogen and oxygen atoms in total. The molecule has 3 amide bonds. The van der Waals surface area contributed by atoms with Crippen molar-refractivity contribution in [1.82, 2.24) is 20.4 Å². The van der Waals surface area contributed by atoms with Gasteiger partial charge < -0.3 is 20.3 Å². The van der Waals surface area contributed by atoms with Gasteiger partial charge in [0.1, 0.15) is 0 Å². The third-order valence-electron chi connectivity index (χ3n) is 4.80. The molecular weight excluding hydrogens is 324 g/mol. The summed E-state index contributed by atoms with van der Waals surface area (Å²) >= 11 is 0. The molecule has 0 saturated carbocycles. The van der Waals surface area contributed by atoms with Gasteiger partial charge in [-0.3, -0.25) is 14.5 Å². The van der Waals surface area contributed by atoms with Gasteiger partial charge in [0, 0.05) is 38.3 Å². The number of piperazine rings is 1. The normalized spacial score (nSPS) is 22.6. The fourth-order valence-corrected chi connectivity index (χ4v) is 3.44. The average Bonchev–Trinajstić information content (AvgIpc) is 2.57. The number of piperidine rings is 1. The molecular formula is C17H30N4O4. The Hall–Kier alpha value is -1.83. The Bertz CT molecular complexity index is 489. The molecule has 2 fully saturated rings. The van der Waals surface area contributed by atoms with Gasteiger partial charge in [-0.15, -0.1) is 0 Å². The van der Waals surface area contributed by atoms with Gasteiger partial charge in [-0.1, -0.05) is 0 Å². The Balaban J connectivity index is 1.80. The number of nitrogens with one attached hydrogen (secondary N) is 2. The van der Waals surface area contributed by atoms with Crippen LogP contribution >= 0.6 is 0 Å². The minimum atomic E-state index is -0.409. The molecule has 0 spiro atoms. The quantitative estimate of drug-likeness (QED) is 0.742. The number of carbonyl (C=O) groups is 3. The zero-order chi connectivity index (χ0) is 18.4. The van der Waals surface area contributed by atoms with Gasteiger partial charge >= 0.3 is 6.09 Å². The van der Waals surface area contributed by atoms with E-state index in [1.807, 2.05) is 13.8 Å². The van der Waals surface area contributed by atoms with Crippen molar-refractivity contribution in [3.8, 4) is 0 Å². The Morgan fingerprint density at radius 2 is 1.96 bits per heavy atom. The molecule has 0 radical (unpaired) electrons. The summed E-state index contributed by atoms with van der Waals surface area (Å²) in [5.41, 5.74) is 0. The molecule has 2 saturated heterocycles. The van der Waals surface area contributed by atoms with Crippen LogP contribution in [0, 0.1) is 0 Å². The van der Waals surface area contributed by atoms with E-state index in [-0.39, 0.29) is 36.4 Å². The zero-order valence-corrected chi connectivity index (χ0v) is 15.4. The molecule has 0 aromatic carbocycles. The van der Waals surface area contributed by atoms with Crippen LogP contribution in [0.3, 0.4) is 0 Å². The van der Waals surface area contributed by atoms with E-state index in [2.05, 4.69) is 15.5 Å². The molecule has 1 atom stereocenters. The molecule has 2 rings (SSSR count). The van der Waals surface area contributed by atoms with Crippen molar-refractivity contribution in [1.29, 1.82) is 0 Å². The van der Waals surface area contributed by atoms with Crippen molar-refractivity contribution in [3.63, 3.8) is 0 Å². The standard InChI is InChI=1S/C17H30N4O4/c1-4-25-17(24)20-8-5-13(6-9-20)19-15(22)11-14-16(23)18-7-10-21(14)12(2)3/h12-14H,4-11H2,1-3H3,(H,18,23)(H,19,22). The molecule has 0 bridgehead atoms. The number of amides is 3. The largest absolute Gasteiger partial charge is 0.450 e. The molecule has 8 heteroatoms. The summed E-state index contributed by atoms with van der Waals surface area (Å²) in [6.45, 7) is 8.76. The van der Waals surface area contributed by atoms with Crippen LogP contribution in [-0.2, 0) is 14.3 Å². The second-order valence-corrected chi connectivity index (χ2v) is 6.87. The van der Waals surface area contributed by atoms with Gasteiger partial charge in [0.05, 0.1) is 19.1 Å². The number of hydrogen-bond donors (Lipinski definition) is 2. The lowest BCUT2D eigenvalue weighted by molar-refractivity contribution is -0.135. The van der Waals surface area contributed by atoms with E-state index in [9.17, 15) is 14.4 Å². The van der Waals surface area contributed by atoms with E-state index in [1.54, 1.807) is 11.8 Å². The van der Waals surface area contributed by atoms with Gasteiger partial charge in [-0.05, 0) is 33.6 Å². The molecule has 2 N–H and O–H groups in total. The number of hydrogen-bond acceptors (Lipinski definition) is 5. The summed E-state index contributed by atoms with van der Waals surface area (Å²) in [7, 11) is 0. The number of likely N-dealkylation sites (tertiary alicyclic amines) is 1. The van der Waals surface area contributed by atoms with Crippen LogP contribution in [0.25, 0.3) is 0 Å². The Kier molecular flexibility index (Phi) is 7.04. The van der Waals surface area contributed by atoms with Crippen molar-refractivity contribution in [2.24, 2.45) is 0 Å². The van der Waals surface area contributed by atoms with E-state index in [0.29, 0.717) is 39.1 Å². The maximum atomic E-state index is 12.4. The molecule has 0 aromatic rings. The molecule has 2 aliphatic rings. The fourth-order valence-electron chi connectivity index (χ4n) is 3.44. The maximum Gasteiger partial charge on any atom is 0.409 e. The molecule has 0 aromatic heterocycles. The maximum absolute atomic E-state index is 12.4. The number of carbonyl (C=O) groups excluding carboxylic acids is 3.